The number of carbonyl (C=O) groups excluding carboxylic acids is 4. The second-order valence-electron chi connectivity index (χ2n) is 8.31. The molecule has 1 aromatic heterocycles. The lowest BCUT2D eigenvalue weighted by Gasteiger charge is -2.20. The molecule has 0 radical (unpaired) electrons. The minimum absolute atomic E-state index is 0.101. The molecule has 12 nitrogen and oxygen atoms in total. The summed E-state index contributed by atoms with van der Waals surface area (Å²) in [6.45, 7) is 4.73. The molecule has 198 valence electrons. The number of rotatable bonds is 14. The van der Waals surface area contributed by atoms with E-state index in [1.165, 1.54) is 38.4 Å². The summed E-state index contributed by atoms with van der Waals surface area (Å²) in [7, 11) is 1.23. The first-order valence-electron chi connectivity index (χ1n) is 11.5. The van der Waals surface area contributed by atoms with Gasteiger partial charge in [-0.25, -0.2) is 9.59 Å². The fourth-order valence-corrected chi connectivity index (χ4v) is 3.26. The van der Waals surface area contributed by atoms with Crippen LogP contribution in [0.15, 0.2) is 35.3 Å². The van der Waals surface area contributed by atoms with E-state index in [9.17, 15) is 28.8 Å². The summed E-state index contributed by atoms with van der Waals surface area (Å²) in [4.78, 5) is 72.2. The molecule has 0 fully saturated rings. The van der Waals surface area contributed by atoms with Gasteiger partial charge in [-0.3, -0.25) is 19.2 Å². The zero-order chi connectivity index (χ0) is 27.3. The number of hydrogen-bond acceptors (Lipinski definition) is 7. The number of methoxy groups -OCH3 is 1. The molecule has 3 amide bonds. The summed E-state index contributed by atoms with van der Waals surface area (Å²) >= 11 is 0. The van der Waals surface area contributed by atoms with Crippen molar-refractivity contribution in [3.05, 3.63) is 40.8 Å². The van der Waals surface area contributed by atoms with E-state index < -0.39 is 53.8 Å². The van der Waals surface area contributed by atoms with E-state index in [1.807, 2.05) is 13.8 Å². The second-order valence-corrected chi connectivity index (χ2v) is 8.31. The molecular weight excluding hydrogens is 472 g/mol. The predicted octanol–water partition coefficient (Wildman–Crippen LogP) is 0.807. The van der Waals surface area contributed by atoms with Crippen LogP contribution in [0.3, 0.4) is 0 Å². The fraction of sp³-hybridized carbons (Fsp3) is 0.500. The predicted molar refractivity (Wildman–Crippen MR) is 131 cm³/mol. The number of carboxylic acid groups (broad SMARTS) is 1. The van der Waals surface area contributed by atoms with Gasteiger partial charge in [-0.05, 0) is 37.3 Å². The summed E-state index contributed by atoms with van der Waals surface area (Å²) in [5.41, 5.74) is -0.777. The monoisotopic (exact) mass is 506 g/mol. The summed E-state index contributed by atoms with van der Waals surface area (Å²) < 4.78 is 5.83. The van der Waals surface area contributed by atoms with Crippen molar-refractivity contribution in [3.63, 3.8) is 0 Å². The minimum Gasteiger partial charge on any atom is -0.478 e. The van der Waals surface area contributed by atoms with E-state index in [0.29, 0.717) is 6.42 Å². The average Bonchev–Trinajstić information content (AvgIpc) is 2.81. The molecule has 0 bridgehead atoms. The maximum absolute atomic E-state index is 12.8. The van der Waals surface area contributed by atoms with Gasteiger partial charge in [0, 0.05) is 19.2 Å². The largest absolute Gasteiger partial charge is 0.478 e. The number of nitrogens with one attached hydrogen (secondary N) is 3. The van der Waals surface area contributed by atoms with Gasteiger partial charge in [-0.15, -0.1) is 0 Å². The first-order chi connectivity index (χ1) is 17.0. The van der Waals surface area contributed by atoms with E-state index in [4.69, 9.17) is 9.84 Å². The molecule has 0 saturated carbocycles. The highest BCUT2D eigenvalue weighted by molar-refractivity contribution is 5.96. The highest BCUT2D eigenvalue weighted by Gasteiger charge is 2.24. The Morgan fingerprint density at radius 3 is 2.44 bits per heavy atom. The summed E-state index contributed by atoms with van der Waals surface area (Å²) in [6.07, 6.45) is 5.12. The third-order valence-corrected chi connectivity index (χ3v) is 5.32. The maximum Gasteiger partial charge on any atom is 0.328 e. The lowest BCUT2D eigenvalue weighted by molar-refractivity contribution is -0.145. The number of nitrogens with zero attached hydrogens (tertiary/aromatic N) is 1. The Morgan fingerprint density at radius 2 is 1.86 bits per heavy atom. The van der Waals surface area contributed by atoms with Crippen LogP contribution in [0.1, 0.15) is 46.5 Å². The number of carbonyl (C=O) groups is 5. The third kappa shape index (κ3) is 10.5. The Kier molecular flexibility index (Phi) is 12.6. The van der Waals surface area contributed by atoms with Crippen LogP contribution in [0.2, 0.25) is 0 Å². The Balaban J connectivity index is 2.94. The molecule has 1 aromatic rings. The second kappa shape index (κ2) is 15.1. The van der Waals surface area contributed by atoms with Gasteiger partial charge in [0.25, 0.3) is 5.56 Å². The number of aliphatic carboxylic acids is 1. The highest BCUT2D eigenvalue weighted by atomic mass is 16.5. The molecule has 1 rings (SSSR count). The van der Waals surface area contributed by atoms with Crippen LogP contribution in [0.25, 0.3) is 0 Å². The first-order valence-corrected chi connectivity index (χ1v) is 11.5. The van der Waals surface area contributed by atoms with Gasteiger partial charge in [0.05, 0.1) is 7.11 Å². The van der Waals surface area contributed by atoms with Crippen LogP contribution in [0.4, 0.5) is 5.69 Å². The quantitative estimate of drug-likeness (QED) is 0.212. The molecule has 0 aliphatic carbocycles. The minimum atomic E-state index is -1.14. The topological polar surface area (TPSA) is 173 Å². The zero-order valence-electron chi connectivity index (χ0n) is 20.9. The van der Waals surface area contributed by atoms with Crippen molar-refractivity contribution >= 4 is 35.3 Å². The Morgan fingerprint density at radius 1 is 1.17 bits per heavy atom. The number of esters is 1. The van der Waals surface area contributed by atoms with Gasteiger partial charge in [0.2, 0.25) is 17.7 Å². The van der Waals surface area contributed by atoms with Crippen molar-refractivity contribution in [2.45, 2.75) is 65.1 Å². The highest BCUT2D eigenvalue weighted by Crippen LogP contribution is 2.11. The van der Waals surface area contributed by atoms with Crippen LogP contribution in [0, 0.1) is 5.92 Å². The number of anilines is 1. The Hall–Kier alpha value is -3.96. The normalized spacial score (nSPS) is 13.3. The number of amides is 3. The van der Waals surface area contributed by atoms with Crippen LogP contribution in [0.5, 0.6) is 0 Å². The third-order valence-electron chi connectivity index (χ3n) is 5.32. The molecule has 4 N–H and O–H groups in total. The van der Waals surface area contributed by atoms with E-state index in [-0.39, 0.29) is 24.4 Å². The molecule has 3 atom stereocenters. The molecule has 2 unspecified atom stereocenters. The zero-order valence-corrected chi connectivity index (χ0v) is 20.9. The van der Waals surface area contributed by atoms with E-state index >= 15 is 0 Å². The average molecular weight is 507 g/mol. The molecule has 0 saturated heterocycles. The van der Waals surface area contributed by atoms with Gasteiger partial charge >= 0.3 is 11.9 Å². The first kappa shape index (κ1) is 30.1. The molecule has 0 aliphatic heterocycles. The number of pyridine rings is 1. The lowest BCUT2D eigenvalue weighted by atomic mass is 9.99. The van der Waals surface area contributed by atoms with E-state index in [1.54, 1.807) is 0 Å². The summed E-state index contributed by atoms with van der Waals surface area (Å²) in [6, 6.07) is 0.942. The van der Waals surface area contributed by atoms with Crippen molar-refractivity contribution in [2.75, 3.05) is 12.4 Å². The molecule has 12 heteroatoms. The summed E-state index contributed by atoms with van der Waals surface area (Å²) in [5, 5.41) is 16.2. The Labute approximate surface area is 209 Å². The van der Waals surface area contributed by atoms with Crippen molar-refractivity contribution in [2.24, 2.45) is 5.92 Å². The van der Waals surface area contributed by atoms with E-state index in [0.717, 1.165) is 17.1 Å². The number of hydrogen-bond donors (Lipinski definition) is 4. The van der Waals surface area contributed by atoms with E-state index in [2.05, 4.69) is 16.0 Å². The summed E-state index contributed by atoms with van der Waals surface area (Å²) in [5.74, 6) is -3.29. The van der Waals surface area contributed by atoms with Crippen molar-refractivity contribution in [1.82, 2.24) is 15.2 Å². The fourth-order valence-electron chi connectivity index (χ4n) is 3.26. The SMILES string of the molecule is CCC(C)C[C@H](NC(=O)Cn1cccc(NC(=O)C(CCC=CC(=O)O)NC(C)=O)c1=O)C(=O)OC. The van der Waals surface area contributed by atoms with Crippen molar-refractivity contribution < 1.29 is 33.8 Å². The van der Waals surface area contributed by atoms with Crippen LogP contribution in [-0.2, 0) is 35.3 Å². The van der Waals surface area contributed by atoms with Crippen molar-refractivity contribution in [3.8, 4) is 0 Å². The molecule has 0 spiro atoms. The number of carboxylic acids is 1. The number of aromatic nitrogens is 1. The molecule has 1 heterocycles. The molecule has 0 aromatic carbocycles. The van der Waals surface area contributed by atoms with Crippen LogP contribution >= 0.6 is 0 Å². The van der Waals surface area contributed by atoms with Gasteiger partial charge in [0.15, 0.2) is 0 Å². The van der Waals surface area contributed by atoms with Gasteiger partial charge in [0.1, 0.15) is 24.3 Å². The maximum atomic E-state index is 12.8. The standard InChI is InChI=1S/C24H34N4O8/c1-5-15(2)13-19(24(35)36-4)26-20(30)14-28-12-8-10-18(23(28)34)27-22(33)17(25-16(3)29)9-6-7-11-21(31)32/h7-8,10-12,15,17,19H,5-6,9,13-14H2,1-4H3,(H,25,29)(H,26,30)(H,27,33)(H,31,32)/t15?,17?,19-/m0/s1. The lowest BCUT2D eigenvalue weighted by Crippen LogP contribution is -2.45. The number of allylic oxidation sites excluding steroid dienone is 1. The van der Waals surface area contributed by atoms with Gasteiger partial charge < -0.3 is 30.4 Å². The van der Waals surface area contributed by atoms with Crippen LogP contribution in [-0.4, -0.2) is 58.5 Å². The van der Waals surface area contributed by atoms with Gasteiger partial charge in [-0.2, -0.15) is 0 Å². The molecular formula is C24H34N4O8. The molecule has 0 aliphatic rings. The molecule has 36 heavy (non-hydrogen) atoms. The van der Waals surface area contributed by atoms with Crippen molar-refractivity contribution in [1.29, 1.82) is 0 Å². The van der Waals surface area contributed by atoms with Crippen LogP contribution < -0.4 is 21.5 Å². The number of ether oxygens (including phenoxy) is 1. The Bertz CT molecular complexity index is 1030. The smallest absolute Gasteiger partial charge is 0.328 e. The van der Waals surface area contributed by atoms with Gasteiger partial charge in [-0.1, -0.05) is 26.3 Å².